The highest BCUT2D eigenvalue weighted by molar-refractivity contribution is 5.19. The van der Waals surface area contributed by atoms with Crippen LogP contribution in [0.5, 0.6) is 0 Å². The zero-order valence-corrected chi connectivity index (χ0v) is 14.6. The molecule has 0 saturated heterocycles. The van der Waals surface area contributed by atoms with Crippen molar-refractivity contribution in [2.75, 3.05) is 0 Å². The number of aliphatic hydroxyl groups excluding tert-OH is 2. The van der Waals surface area contributed by atoms with Gasteiger partial charge in [-0.3, -0.25) is 0 Å². The summed E-state index contributed by atoms with van der Waals surface area (Å²) in [6.07, 6.45) is 9.15. The van der Waals surface area contributed by atoms with Gasteiger partial charge in [-0.1, -0.05) is 18.6 Å². The third kappa shape index (κ3) is 2.19. The fourth-order valence-electron chi connectivity index (χ4n) is 7.17. The summed E-state index contributed by atoms with van der Waals surface area (Å²) in [5, 5.41) is 21.9. The van der Waals surface area contributed by atoms with Crippen LogP contribution in [0.4, 0.5) is 0 Å². The molecule has 0 aromatic heterocycles. The molecule has 0 amide bonds. The predicted octanol–water partition coefficient (Wildman–Crippen LogP) is 2.85. The molecule has 130 valence electrons. The summed E-state index contributed by atoms with van der Waals surface area (Å²) in [7, 11) is 0. The first kappa shape index (κ1) is 16.1. The van der Waals surface area contributed by atoms with Crippen molar-refractivity contribution in [1.82, 2.24) is 0 Å². The number of hydrogen-bond donors (Lipinski definition) is 3. The normalized spacial score (nSPS) is 57.7. The maximum Gasteiger partial charge on any atom is 0.0836 e. The number of allylic oxidation sites excluding steroid dienone is 2. The van der Waals surface area contributed by atoms with Crippen molar-refractivity contribution in [2.45, 2.75) is 77.0 Å². The number of fused-ring (bicyclic) bond motifs is 5. The molecule has 4 aliphatic carbocycles. The Kier molecular flexibility index (Phi) is 3.90. The Labute approximate surface area is 140 Å². The van der Waals surface area contributed by atoms with E-state index in [1.807, 2.05) is 0 Å². The number of aliphatic hydroxyl groups is 2. The Morgan fingerprint density at radius 3 is 2.61 bits per heavy atom. The molecular formula is C20H33NO2. The molecule has 4 N–H and O–H groups in total. The van der Waals surface area contributed by atoms with Crippen LogP contribution in [0.1, 0.15) is 58.8 Å². The van der Waals surface area contributed by atoms with Gasteiger partial charge in [-0.15, -0.1) is 0 Å². The Morgan fingerprint density at radius 1 is 1.09 bits per heavy atom. The zero-order valence-electron chi connectivity index (χ0n) is 14.6. The van der Waals surface area contributed by atoms with Gasteiger partial charge in [0.2, 0.25) is 0 Å². The van der Waals surface area contributed by atoms with Crippen molar-refractivity contribution < 1.29 is 10.2 Å². The summed E-state index contributed by atoms with van der Waals surface area (Å²) in [6.45, 7) is 4.55. The highest BCUT2D eigenvalue weighted by Gasteiger charge is 2.61. The van der Waals surface area contributed by atoms with Gasteiger partial charge in [0.05, 0.1) is 12.2 Å². The summed E-state index contributed by atoms with van der Waals surface area (Å²) >= 11 is 0. The second-order valence-electron chi connectivity index (χ2n) is 9.06. The van der Waals surface area contributed by atoms with Crippen LogP contribution in [0.3, 0.4) is 0 Å². The molecule has 4 saturated carbocycles. The quantitative estimate of drug-likeness (QED) is 0.602. The fraction of sp³-hybridized carbons (Fsp3) is 0.900. The average Bonchev–Trinajstić information content (AvgIpc) is 2.97. The van der Waals surface area contributed by atoms with Crippen LogP contribution in [0.15, 0.2) is 11.6 Å². The number of rotatable bonds is 0. The van der Waals surface area contributed by atoms with E-state index in [1.54, 1.807) is 5.57 Å². The van der Waals surface area contributed by atoms with Crippen LogP contribution in [-0.4, -0.2) is 28.5 Å². The van der Waals surface area contributed by atoms with Gasteiger partial charge in [0.25, 0.3) is 0 Å². The summed E-state index contributed by atoms with van der Waals surface area (Å²) in [4.78, 5) is 0. The summed E-state index contributed by atoms with van der Waals surface area (Å²) in [5.41, 5.74) is 7.97. The molecule has 4 fully saturated rings. The molecule has 4 rings (SSSR count). The summed E-state index contributed by atoms with van der Waals surface area (Å²) < 4.78 is 0. The van der Waals surface area contributed by atoms with Gasteiger partial charge in [-0.25, -0.2) is 0 Å². The minimum absolute atomic E-state index is 0.169. The van der Waals surface area contributed by atoms with Crippen LogP contribution in [0.2, 0.25) is 0 Å². The third-order valence-corrected chi connectivity index (χ3v) is 8.34. The van der Waals surface area contributed by atoms with Crippen LogP contribution in [0.25, 0.3) is 0 Å². The minimum atomic E-state index is -0.582. The molecule has 0 spiro atoms. The lowest BCUT2D eigenvalue weighted by Crippen LogP contribution is -2.63. The first-order valence-electron chi connectivity index (χ1n) is 9.74. The van der Waals surface area contributed by atoms with Gasteiger partial charge in [-0.05, 0) is 86.9 Å². The van der Waals surface area contributed by atoms with Gasteiger partial charge in [0, 0.05) is 6.04 Å². The zero-order chi connectivity index (χ0) is 16.4. The molecule has 0 radical (unpaired) electrons. The van der Waals surface area contributed by atoms with Crippen molar-refractivity contribution in [1.29, 1.82) is 0 Å². The number of nitrogens with two attached hydrogens (primary N) is 1. The topological polar surface area (TPSA) is 66.5 Å². The molecule has 0 aromatic rings. The average molecular weight is 319 g/mol. The van der Waals surface area contributed by atoms with Crippen molar-refractivity contribution in [2.24, 2.45) is 40.7 Å². The smallest absolute Gasteiger partial charge is 0.0836 e. The van der Waals surface area contributed by atoms with Gasteiger partial charge in [0.1, 0.15) is 0 Å². The van der Waals surface area contributed by atoms with E-state index in [0.717, 1.165) is 19.3 Å². The third-order valence-electron chi connectivity index (χ3n) is 8.34. The second-order valence-corrected chi connectivity index (χ2v) is 9.06. The maximum atomic E-state index is 11.0. The molecule has 4 aliphatic rings. The van der Waals surface area contributed by atoms with Crippen LogP contribution < -0.4 is 5.73 Å². The molecule has 5 unspecified atom stereocenters. The van der Waals surface area contributed by atoms with E-state index in [0.29, 0.717) is 17.8 Å². The van der Waals surface area contributed by atoms with Gasteiger partial charge in [0.15, 0.2) is 0 Å². The van der Waals surface area contributed by atoms with E-state index < -0.39 is 12.2 Å². The Balaban J connectivity index is 1.69. The lowest BCUT2D eigenvalue weighted by atomic mass is 9.45. The van der Waals surface area contributed by atoms with Crippen molar-refractivity contribution in [3.05, 3.63) is 11.6 Å². The van der Waals surface area contributed by atoms with Crippen molar-refractivity contribution in [3.63, 3.8) is 0 Å². The highest BCUT2D eigenvalue weighted by Crippen LogP contribution is 2.63. The van der Waals surface area contributed by atoms with Crippen molar-refractivity contribution in [3.8, 4) is 0 Å². The maximum absolute atomic E-state index is 11.0. The fourth-order valence-corrected chi connectivity index (χ4v) is 7.17. The van der Waals surface area contributed by atoms with Crippen molar-refractivity contribution >= 4 is 0 Å². The molecule has 3 nitrogen and oxygen atoms in total. The molecule has 0 heterocycles. The second kappa shape index (κ2) is 5.57. The van der Waals surface area contributed by atoms with Crippen LogP contribution >= 0.6 is 0 Å². The van der Waals surface area contributed by atoms with E-state index in [9.17, 15) is 10.2 Å². The molecule has 3 heteroatoms. The van der Waals surface area contributed by atoms with E-state index in [-0.39, 0.29) is 23.3 Å². The molecule has 9 atom stereocenters. The summed E-state index contributed by atoms with van der Waals surface area (Å²) in [6, 6.07) is 0.198. The monoisotopic (exact) mass is 319 g/mol. The van der Waals surface area contributed by atoms with Crippen LogP contribution in [-0.2, 0) is 0 Å². The first-order valence-corrected chi connectivity index (χ1v) is 9.74. The lowest BCUT2D eigenvalue weighted by Gasteiger charge is -2.61. The van der Waals surface area contributed by atoms with E-state index in [1.165, 1.54) is 25.7 Å². The minimum Gasteiger partial charge on any atom is -0.390 e. The Hall–Kier alpha value is -0.380. The van der Waals surface area contributed by atoms with E-state index in [4.69, 9.17) is 5.73 Å². The highest BCUT2D eigenvalue weighted by atomic mass is 16.3. The van der Waals surface area contributed by atoms with Gasteiger partial charge in [-0.2, -0.15) is 0 Å². The van der Waals surface area contributed by atoms with E-state index in [2.05, 4.69) is 19.9 Å². The standard InChI is InChI=1S/C20H33NO2/c1-3-11-4-5-14-13(11)6-7-15-17(14)19(23)18(22)16-10-12(21)8-9-20(15,16)2/h3,12-19,22-23H,4-10,21H2,1-2H3/t12-,13?,14?,15?,16?,17?,18+,19+,20+/m0/s1. The largest absolute Gasteiger partial charge is 0.390 e. The first-order chi connectivity index (χ1) is 11.0. The predicted molar refractivity (Wildman–Crippen MR) is 91.6 cm³/mol. The van der Waals surface area contributed by atoms with Gasteiger partial charge < -0.3 is 15.9 Å². The molecule has 23 heavy (non-hydrogen) atoms. The molecule has 0 aliphatic heterocycles. The molecule has 0 aromatic carbocycles. The molecular weight excluding hydrogens is 286 g/mol. The van der Waals surface area contributed by atoms with E-state index >= 15 is 0 Å². The lowest BCUT2D eigenvalue weighted by molar-refractivity contribution is -0.203. The van der Waals surface area contributed by atoms with Crippen LogP contribution in [0, 0.1) is 35.0 Å². The molecule has 0 bridgehead atoms. The summed E-state index contributed by atoms with van der Waals surface area (Å²) in [5.74, 6) is 2.28. The Bertz CT molecular complexity index is 504. The number of hydrogen-bond acceptors (Lipinski definition) is 3. The SMILES string of the molecule is CC=C1CCC2C1CCC1C2[C@@H](O)[C@H](O)C2C[C@@H](N)CC[C@]12C. The van der Waals surface area contributed by atoms with Gasteiger partial charge >= 0.3 is 0 Å². The Morgan fingerprint density at radius 2 is 1.87 bits per heavy atom.